The fraction of sp³-hybridized carbons (Fsp3) is 0.538. The molecule has 1 aromatic rings. The lowest BCUT2D eigenvalue weighted by Crippen LogP contribution is -2.22. The van der Waals surface area contributed by atoms with Crippen molar-refractivity contribution in [3.05, 3.63) is 35.6 Å². The second-order valence-corrected chi connectivity index (χ2v) is 4.79. The molecule has 0 amide bonds. The molecule has 0 atom stereocenters. The Hall–Kier alpha value is -0.890. The van der Waals surface area contributed by atoms with Crippen LogP contribution in [0, 0.1) is 11.2 Å². The second kappa shape index (κ2) is 5.26. The molecule has 0 aromatic heterocycles. The first-order valence-corrected chi connectivity index (χ1v) is 5.43. The Labute approximate surface area is 91.7 Å². The molecule has 1 N–H and O–H groups in total. The van der Waals surface area contributed by atoms with E-state index < -0.39 is 0 Å². The van der Waals surface area contributed by atoms with Crippen LogP contribution in [0.1, 0.15) is 25.8 Å². The fourth-order valence-electron chi connectivity index (χ4n) is 1.71. The van der Waals surface area contributed by atoms with E-state index in [0.29, 0.717) is 0 Å². The highest BCUT2D eigenvalue weighted by molar-refractivity contribution is 5.18. The number of nitrogens with one attached hydrogen (secondary N) is 1. The lowest BCUT2D eigenvalue weighted by Gasteiger charge is -2.24. The smallest absolute Gasteiger partial charge is 0.126 e. The quantitative estimate of drug-likeness (QED) is 0.786. The molecule has 0 unspecified atom stereocenters. The van der Waals surface area contributed by atoms with Crippen LogP contribution in [-0.2, 0) is 6.42 Å². The minimum atomic E-state index is -0.0879. The molecule has 0 fully saturated rings. The summed E-state index contributed by atoms with van der Waals surface area (Å²) in [5.74, 6) is -0.0879. The number of hydrogen-bond acceptors (Lipinski definition) is 1. The van der Waals surface area contributed by atoms with Crippen molar-refractivity contribution in [2.24, 2.45) is 5.41 Å². The van der Waals surface area contributed by atoms with Crippen molar-refractivity contribution in [2.75, 3.05) is 13.6 Å². The van der Waals surface area contributed by atoms with Crippen molar-refractivity contribution in [1.82, 2.24) is 5.32 Å². The first-order valence-electron chi connectivity index (χ1n) is 5.43. The number of benzene rings is 1. The third kappa shape index (κ3) is 4.00. The average Bonchev–Trinajstić information content (AvgIpc) is 2.18. The molecule has 1 aromatic carbocycles. The summed E-state index contributed by atoms with van der Waals surface area (Å²) in [5, 5.41) is 3.13. The van der Waals surface area contributed by atoms with Gasteiger partial charge in [-0.1, -0.05) is 32.0 Å². The summed E-state index contributed by atoms with van der Waals surface area (Å²) in [5.41, 5.74) is 0.962. The molecule has 0 aliphatic rings. The molecule has 1 rings (SSSR count). The first-order chi connectivity index (χ1) is 7.05. The van der Waals surface area contributed by atoms with Crippen LogP contribution in [0.2, 0.25) is 0 Å². The van der Waals surface area contributed by atoms with E-state index in [4.69, 9.17) is 0 Å². The van der Waals surface area contributed by atoms with Gasteiger partial charge in [-0.25, -0.2) is 4.39 Å². The Balaban J connectivity index is 2.64. The van der Waals surface area contributed by atoms with Crippen LogP contribution in [0.4, 0.5) is 4.39 Å². The number of halogens is 1. The van der Waals surface area contributed by atoms with Crippen molar-refractivity contribution in [1.29, 1.82) is 0 Å². The summed E-state index contributed by atoms with van der Waals surface area (Å²) >= 11 is 0. The molecule has 0 saturated heterocycles. The zero-order valence-corrected chi connectivity index (χ0v) is 9.81. The van der Waals surface area contributed by atoms with Gasteiger partial charge in [0.1, 0.15) is 5.82 Å². The lowest BCUT2D eigenvalue weighted by molar-refractivity contribution is 0.325. The molecular formula is C13H20FN. The highest BCUT2D eigenvalue weighted by Gasteiger charge is 2.19. The maximum absolute atomic E-state index is 13.4. The van der Waals surface area contributed by atoms with Gasteiger partial charge in [-0.15, -0.1) is 0 Å². The molecule has 84 valence electrons. The van der Waals surface area contributed by atoms with Crippen LogP contribution in [0.15, 0.2) is 24.3 Å². The van der Waals surface area contributed by atoms with Gasteiger partial charge in [-0.05, 0) is 43.5 Å². The van der Waals surface area contributed by atoms with E-state index in [9.17, 15) is 4.39 Å². The van der Waals surface area contributed by atoms with Gasteiger partial charge in [0.25, 0.3) is 0 Å². The highest BCUT2D eigenvalue weighted by Crippen LogP contribution is 2.26. The largest absolute Gasteiger partial charge is 0.320 e. The summed E-state index contributed by atoms with van der Waals surface area (Å²) in [7, 11) is 1.94. The summed E-state index contributed by atoms with van der Waals surface area (Å²) < 4.78 is 13.4. The van der Waals surface area contributed by atoms with E-state index >= 15 is 0 Å². The van der Waals surface area contributed by atoms with Crippen LogP contribution < -0.4 is 5.32 Å². The molecule has 0 radical (unpaired) electrons. The van der Waals surface area contributed by atoms with E-state index in [0.717, 1.165) is 24.9 Å². The lowest BCUT2D eigenvalue weighted by atomic mass is 9.82. The Kier molecular flexibility index (Phi) is 4.28. The molecule has 0 spiro atoms. The molecule has 0 aliphatic heterocycles. The number of rotatable bonds is 5. The molecule has 0 bridgehead atoms. The highest BCUT2D eigenvalue weighted by atomic mass is 19.1. The SMILES string of the molecule is CNCCC(C)(C)Cc1ccccc1F. The zero-order chi connectivity index (χ0) is 11.3. The first kappa shape index (κ1) is 12.2. The van der Waals surface area contributed by atoms with Crippen LogP contribution in [0.25, 0.3) is 0 Å². The average molecular weight is 209 g/mol. The van der Waals surface area contributed by atoms with Gasteiger partial charge < -0.3 is 5.32 Å². The van der Waals surface area contributed by atoms with Gasteiger partial charge in [-0.2, -0.15) is 0 Å². The Morgan fingerprint density at radius 2 is 1.93 bits per heavy atom. The summed E-state index contributed by atoms with van der Waals surface area (Å²) in [6, 6.07) is 7.03. The Bertz CT molecular complexity index is 307. The van der Waals surface area contributed by atoms with E-state index in [1.807, 2.05) is 19.2 Å². The second-order valence-electron chi connectivity index (χ2n) is 4.79. The van der Waals surface area contributed by atoms with Crippen LogP contribution in [0.3, 0.4) is 0 Å². The third-order valence-electron chi connectivity index (χ3n) is 2.68. The van der Waals surface area contributed by atoms with Gasteiger partial charge in [0.15, 0.2) is 0 Å². The minimum absolute atomic E-state index is 0.0879. The molecule has 1 nitrogen and oxygen atoms in total. The van der Waals surface area contributed by atoms with Crippen LogP contribution in [-0.4, -0.2) is 13.6 Å². The summed E-state index contributed by atoms with van der Waals surface area (Å²) in [6.45, 7) is 5.33. The third-order valence-corrected chi connectivity index (χ3v) is 2.68. The van der Waals surface area contributed by atoms with Crippen molar-refractivity contribution < 1.29 is 4.39 Å². The predicted molar refractivity (Wildman–Crippen MR) is 62.4 cm³/mol. The zero-order valence-electron chi connectivity index (χ0n) is 9.81. The van der Waals surface area contributed by atoms with Crippen molar-refractivity contribution in [2.45, 2.75) is 26.7 Å². The molecule has 0 saturated carbocycles. The van der Waals surface area contributed by atoms with E-state index in [2.05, 4.69) is 19.2 Å². The normalized spacial score (nSPS) is 11.7. The monoisotopic (exact) mass is 209 g/mol. The minimum Gasteiger partial charge on any atom is -0.320 e. The maximum atomic E-state index is 13.4. The van der Waals surface area contributed by atoms with Crippen LogP contribution >= 0.6 is 0 Å². The van der Waals surface area contributed by atoms with Gasteiger partial charge >= 0.3 is 0 Å². The summed E-state index contributed by atoms with van der Waals surface area (Å²) in [4.78, 5) is 0. The van der Waals surface area contributed by atoms with Crippen molar-refractivity contribution in [3.8, 4) is 0 Å². The molecule has 2 heteroatoms. The van der Waals surface area contributed by atoms with E-state index in [1.165, 1.54) is 6.07 Å². The Morgan fingerprint density at radius 1 is 1.27 bits per heavy atom. The van der Waals surface area contributed by atoms with Gasteiger partial charge in [0.2, 0.25) is 0 Å². The predicted octanol–water partition coefficient (Wildman–Crippen LogP) is 3.00. The molecular weight excluding hydrogens is 189 g/mol. The van der Waals surface area contributed by atoms with Crippen molar-refractivity contribution in [3.63, 3.8) is 0 Å². The van der Waals surface area contributed by atoms with Crippen LogP contribution in [0.5, 0.6) is 0 Å². The maximum Gasteiger partial charge on any atom is 0.126 e. The van der Waals surface area contributed by atoms with E-state index in [1.54, 1.807) is 6.07 Å². The molecule has 15 heavy (non-hydrogen) atoms. The van der Waals surface area contributed by atoms with Gasteiger partial charge in [-0.3, -0.25) is 0 Å². The number of hydrogen-bond donors (Lipinski definition) is 1. The Morgan fingerprint density at radius 3 is 2.53 bits per heavy atom. The van der Waals surface area contributed by atoms with Gasteiger partial charge in [0, 0.05) is 0 Å². The molecule has 0 aliphatic carbocycles. The van der Waals surface area contributed by atoms with Gasteiger partial charge in [0.05, 0.1) is 0 Å². The van der Waals surface area contributed by atoms with E-state index in [-0.39, 0.29) is 11.2 Å². The summed E-state index contributed by atoms with van der Waals surface area (Å²) in [6.07, 6.45) is 1.85. The fourth-order valence-corrected chi connectivity index (χ4v) is 1.71. The van der Waals surface area contributed by atoms with Crippen molar-refractivity contribution >= 4 is 0 Å². The topological polar surface area (TPSA) is 12.0 Å². The standard InChI is InChI=1S/C13H20FN/c1-13(2,8-9-15-3)10-11-6-4-5-7-12(11)14/h4-7,15H,8-10H2,1-3H3. The molecule has 0 heterocycles.